The molecule has 0 spiro atoms. The molecule has 3 rings (SSSR count). The molecular weight excluding hydrogens is 418 g/mol. The molecule has 6 nitrogen and oxygen atoms in total. The van der Waals surface area contributed by atoms with E-state index in [-0.39, 0.29) is 24.9 Å². The number of carbonyl (C=O) groups is 3. The quantitative estimate of drug-likeness (QED) is 0.450. The van der Waals surface area contributed by atoms with Gasteiger partial charge in [-0.25, -0.2) is 0 Å². The summed E-state index contributed by atoms with van der Waals surface area (Å²) >= 11 is 0. The van der Waals surface area contributed by atoms with Crippen LogP contribution in [-0.2, 0) is 30.3 Å². The van der Waals surface area contributed by atoms with Crippen LogP contribution >= 0.6 is 0 Å². The van der Waals surface area contributed by atoms with Crippen LogP contribution in [0.3, 0.4) is 0 Å². The maximum absolute atomic E-state index is 13.3. The molecule has 0 bridgehead atoms. The van der Waals surface area contributed by atoms with Gasteiger partial charge in [-0.15, -0.1) is 0 Å². The normalized spacial score (nSPS) is 15.8. The number of carbonyl (C=O) groups excluding carboxylic acids is 3. The molecule has 0 aliphatic heterocycles. The minimum absolute atomic E-state index is 0.0390. The second-order valence-corrected chi connectivity index (χ2v) is 8.58. The first-order valence-corrected chi connectivity index (χ1v) is 11.7. The van der Waals surface area contributed by atoms with Crippen molar-refractivity contribution in [2.24, 2.45) is 5.41 Å². The smallest absolute Gasteiger partial charge is 0.321 e. The van der Waals surface area contributed by atoms with Gasteiger partial charge >= 0.3 is 11.9 Å². The first-order valence-electron chi connectivity index (χ1n) is 11.7. The van der Waals surface area contributed by atoms with E-state index in [0.29, 0.717) is 19.3 Å². The van der Waals surface area contributed by atoms with Gasteiger partial charge < -0.3 is 14.8 Å². The molecule has 1 saturated carbocycles. The van der Waals surface area contributed by atoms with Crippen LogP contribution in [0.25, 0.3) is 11.1 Å². The maximum Gasteiger partial charge on any atom is 0.321 e. The van der Waals surface area contributed by atoms with Gasteiger partial charge in [0.1, 0.15) is 5.41 Å². The van der Waals surface area contributed by atoms with Crippen LogP contribution in [0.5, 0.6) is 0 Å². The van der Waals surface area contributed by atoms with Crippen molar-refractivity contribution in [1.82, 2.24) is 5.32 Å². The summed E-state index contributed by atoms with van der Waals surface area (Å²) in [6.45, 7) is 2.03. The van der Waals surface area contributed by atoms with Crippen LogP contribution in [0.2, 0.25) is 0 Å². The molecule has 1 aliphatic carbocycles. The molecule has 33 heavy (non-hydrogen) atoms. The van der Waals surface area contributed by atoms with Gasteiger partial charge in [0.15, 0.2) is 0 Å². The van der Waals surface area contributed by atoms with Crippen molar-refractivity contribution in [2.75, 3.05) is 13.7 Å². The van der Waals surface area contributed by atoms with Crippen LogP contribution < -0.4 is 5.32 Å². The third kappa shape index (κ3) is 6.21. The summed E-state index contributed by atoms with van der Waals surface area (Å²) in [6.07, 6.45) is 4.00. The third-order valence-electron chi connectivity index (χ3n) is 6.31. The van der Waals surface area contributed by atoms with Gasteiger partial charge in [0, 0.05) is 6.04 Å². The number of esters is 2. The van der Waals surface area contributed by atoms with Crippen molar-refractivity contribution in [3.63, 3.8) is 0 Å². The number of amides is 1. The number of hydrogen-bond acceptors (Lipinski definition) is 5. The Bertz CT molecular complexity index is 933. The molecule has 0 radical (unpaired) electrons. The number of benzene rings is 2. The average Bonchev–Trinajstić information content (AvgIpc) is 2.85. The zero-order valence-electron chi connectivity index (χ0n) is 19.5. The molecule has 1 fully saturated rings. The second kappa shape index (κ2) is 11.6. The van der Waals surface area contributed by atoms with Crippen LogP contribution in [0.1, 0.15) is 51.0 Å². The molecule has 6 heteroatoms. The van der Waals surface area contributed by atoms with Crippen molar-refractivity contribution in [2.45, 2.75) is 57.9 Å². The molecule has 0 unspecified atom stereocenters. The Morgan fingerprint density at radius 2 is 1.58 bits per heavy atom. The average molecular weight is 452 g/mol. The molecule has 1 N–H and O–H groups in total. The van der Waals surface area contributed by atoms with Crippen molar-refractivity contribution < 1.29 is 23.9 Å². The molecule has 1 amide bonds. The molecule has 2 aromatic carbocycles. The third-order valence-corrected chi connectivity index (χ3v) is 6.31. The number of rotatable bonds is 9. The summed E-state index contributed by atoms with van der Waals surface area (Å²) in [5, 5.41) is 2.99. The van der Waals surface area contributed by atoms with Crippen LogP contribution in [0.4, 0.5) is 0 Å². The van der Waals surface area contributed by atoms with E-state index in [2.05, 4.69) is 17.4 Å². The van der Waals surface area contributed by atoms with Crippen molar-refractivity contribution in [3.05, 3.63) is 60.2 Å². The predicted molar refractivity (Wildman–Crippen MR) is 126 cm³/mol. The summed E-state index contributed by atoms with van der Waals surface area (Å²) in [7, 11) is 1.32. The molecule has 0 heterocycles. The first kappa shape index (κ1) is 24.5. The van der Waals surface area contributed by atoms with E-state index < -0.39 is 17.4 Å². The molecule has 1 aliphatic rings. The van der Waals surface area contributed by atoms with Crippen molar-refractivity contribution in [1.29, 1.82) is 0 Å². The highest BCUT2D eigenvalue weighted by Crippen LogP contribution is 2.38. The minimum Gasteiger partial charge on any atom is -0.468 e. The largest absolute Gasteiger partial charge is 0.468 e. The summed E-state index contributed by atoms with van der Waals surface area (Å²) in [6, 6.07) is 17.7. The van der Waals surface area contributed by atoms with E-state index >= 15 is 0 Å². The molecule has 176 valence electrons. The Hall–Kier alpha value is -3.15. The lowest BCUT2D eigenvalue weighted by Crippen LogP contribution is -2.52. The van der Waals surface area contributed by atoms with Gasteiger partial charge in [0.25, 0.3) is 0 Å². The van der Waals surface area contributed by atoms with E-state index in [9.17, 15) is 14.4 Å². The van der Waals surface area contributed by atoms with E-state index in [1.54, 1.807) is 6.92 Å². The minimum atomic E-state index is -1.18. The van der Waals surface area contributed by atoms with E-state index in [1.807, 2.05) is 42.5 Å². The fourth-order valence-corrected chi connectivity index (χ4v) is 4.54. The SMILES string of the molecule is CCOC(=O)C[C@@H](Cc1ccc(-c2ccccc2)cc1)NC(=O)C1(C(=O)OC)CCCCC1. The fraction of sp³-hybridized carbons (Fsp3) is 0.444. The molecule has 0 saturated heterocycles. The zero-order valence-corrected chi connectivity index (χ0v) is 19.5. The second-order valence-electron chi connectivity index (χ2n) is 8.58. The number of hydrogen-bond donors (Lipinski definition) is 1. The fourth-order valence-electron chi connectivity index (χ4n) is 4.54. The highest BCUT2D eigenvalue weighted by molar-refractivity contribution is 6.03. The lowest BCUT2D eigenvalue weighted by molar-refractivity contribution is -0.161. The summed E-state index contributed by atoms with van der Waals surface area (Å²) in [5.74, 6) is -1.23. The maximum atomic E-state index is 13.3. The van der Waals surface area contributed by atoms with E-state index in [4.69, 9.17) is 9.47 Å². The highest BCUT2D eigenvalue weighted by atomic mass is 16.5. The predicted octanol–water partition coefficient (Wildman–Crippen LogP) is 4.46. The molecular formula is C27H33NO5. The van der Waals surface area contributed by atoms with Crippen molar-refractivity contribution in [3.8, 4) is 11.1 Å². The number of methoxy groups -OCH3 is 1. The lowest BCUT2D eigenvalue weighted by Gasteiger charge is -2.34. The Morgan fingerprint density at radius 3 is 2.18 bits per heavy atom. The molecule has 1 atom stereocenters. The van der Waals surface area contributed by atoms with Gasteiger partial charge in [-0.05, 0) is 42.9 Å². The van der Waals surface area contributed by atoms with E-state index in [1.165, 1.54) is 7.11 Å². The number of ether oxygens (including phenoxy) is 2. The molecule has 2 aromatic rings. The van der Waals surface area contributed by atoms with Crippen molar-refractivity contribution >= 4 is 17.8 Å². The van der Waals surface area contributed by atoms with Crippen LogP contribution in [0, 0.1) is 5.41 Å². The summed E-state index contributed by atoms with van der Waals surface area (Å²) in [4.78, 5) is 38.2. The van der Waals surface area contributed by atoms with Gasteiger partial charge in [0.2, 0.25) is 5.91 Å². The summed E-state index contributed by atoms with van der Waals surface area (Å²) < 4.78 is 10.1. The monoisotopic (exact) mass is 451 g/mol. The Balaban J connectivity index is 1.77. The van der Waals surface area contributed by atoms with Gasteiger partial charge in [-0.1, -0.05) is 73.9 Å². The van der Waals surface area contributed by atoms with Crippen LogP contribution in [-0.4, -0.2) is 37.6 Å². The van der Waals surface area contributed by atoms with Gasteiger partial charge in [0.05, 0.1) is 20.1 Å². The van der Waals surface area contributed by atoms with Crippen LogP contribution in [0.15, 0.2) is 54.6 Å². The summed E-state index contributed by atoms with van der Waals surface area (Å²) in [5.41, 5.74) is 2.02. The van der Waals surface area contributed by atoms with E-state index in [0.717, 1.165) is 36.0 Å². The topological polar surface area (TPSA) is 81.7 Å². The lowest BCUT2D eigenvalue weighted by atomic mass is 9.73. The standard InChI is InChI=1S/C27H33NO5/c1-3-33-24(29)19-23(28-25(30)27(26(31)32-2)16-8-5-9-17-27)18-20-12-14-22(15-13-20)21-10-6-4-7-11-21/h4,6-7,10-15,23H,3,5,8-9,16-19H2,1-2H3,(H,28,30)/t23-/m1/s1. The molecule has 0 aromatic heterocycles. The van der Waals surface area contributed by atoms with Gasteiger partial charge in [-0.2, -0.15) is 0 Å². The Labute approximate surface area is 195 Å². The van der Waals surface area contributed by atoms with Gasteiger partial charge in [-0.3, -0.25) is 14.4 Å². The highest BCUT2D eigenvalue weighted by Gasteiger charge is 2.48. The Morgan fingerprint density at radius 1 is 0.939 bits per heavy atom. The zero-order chi connectivity index (χ0) is 23.7. The number of nitrogens with one attached hydrogen (secondary N) is 1. The Kier molecular flexibility index (Phi) is 8.64. The first-order chi connectivity index (χ1) is 16.0.